The van der Waals surface area contributed by atoms with E-state index in [0.29, 0.717) is 0 Å². The van der Waals surface area contributed by atoms with Gasteiger partial charge in [0.15, 0.2) is 0 Å². The summed E-state index contributed by atoms with van der Waals surface area (Å²) in [5, 5.41) is 0. The number of hydrogen-bond donors (Lipinski definition) is 0. The first-order valence-corrected chi connectivity index (χ1v) is 2.89. The topological polar surface area (TPSA) is 0 Å². The quantitative estimate of drug-likeness (QED) is 0.414. The van der Waals surface area contributed by atoms with Crippen LogP contribution in [-0.4, -0.2) is 29.6 Å². The molecule has 1 radical (unpaired) electrons. The molecule has 0 aromatic heterocycles. The monoisotopic (exact) mass is 107 g/mol. The van der Waals surface area contributed by atoms with Gasteiger partial charge in [0, 0.05) is 29.6 Å². The second kappa shape index (κ2) is 3.94. The van der Waals surface area contributed by atoms with E-state index in [-0.39, 0.29) is 29.6 Å². The zero-order valence-corrected chi connectivity index (χ0v) is 7.41. The minimum absolute atomic E-state index is 0. The van der Waals surface area contributed by atoms with Crippen molar-refractivity contribution in [1.82, 2.24) is 0 Å². The van der Waals surface area contributed by atoms with Crippen molar-refractivity contribution in [3.8, 4) is 0 Å². The van der Waals surface area contributed by atoms with Gasteiger partial charge >= 0.3 is 0 Å². The maximum absolute atomic E-state index is 2.34. The summed E-state index contributed by atoms with van der Waals surface area (Å²) in [6.07, 6.45) is 5.95. The van der Waals surface area contributed by atoms with E-state index in [1.165, 1.54) is 25.7 Å². The predicted molar refractivity (Wildman–Crippen MR) is 33.4 cm³/mol. The summed E-state index contributed by atoms with van der Waals surface area (Å²) in [7, 11) is 0. The van der Waals surface area contributed by atoms with Crippen LogP contribution in [-0.2, 0) is 0 Å². The molecule has 0 amide bonds. The Kier molecular flexibility index (Phi) is 4.50. The molecule has 0 bridgehead atoms. The van der Waals surface area contributed by atoms with Crippen molar-refractivity contribution in [1.29, 1.82) is 0 Å². The molecule has 1 rings (SSSR count). The van der Waals surface area contributed by atoms with Crippen LogP contribution < -0.4 is 0 Å². The second-order valence-electron chi connectivity index (χ2n) is 2.39. The second-order valence-corrected chi connectivity index (χ2v) is 2.39. The van der Waals surface area contributed by atoms with Gasteiger partial charge in [-0.2, -0.15) is 0 Å². The summed E-state index contributed by atoms with van der Waals surface area (Å²) >= 11 is 0. The number of rotatable bonds is 0. The first-order valence-electron chi connectivity index (χ1n) is 2.89. The van der Waals surface area contributed by atoms with Crippen LogP contribution in [0, 0.1) is 5.92 Å². The molecule has 0 aliphatic heterocycles. The van der Waals surface area contributed by atoms with E-state index in [0.717, 1.165) is 5.92 Å². The average Bonchev–Trinajstić information content (AvgIpc) is 1.86. The van der Waals surface area contributed by atoms with Crippen LogP contribution >= 0.6 is 0 Å². The molecule has 1 heteroatoms. The molecule has 0 aromatic carbocycles. The van der Waals surface area contributed by atoms with Crippen LogP contribution in [0.25, 0.3) is 0 Å². The molecule has 1 aliphatic rings. The van der Waals surface area contributed by atoms with Gasteiger partial charge in [-0.1, -0.05) is 32.6 Å². The molecule has 1 saturated carbocycles. The van der Waals surface area contributed by atoms with Gasteiger partial charge in [0.25, 0.3) is 0 Å². The fourth-order valence-electron chi connectivity index (χ4n) is 1.13. The Morgan fingerprint density at radius 1 is 1.14 bits per heavy atom. The van der Waals surface area contributed by atoms with Gasteiger partial charge < -0.3 is 0 Å². The standard InChI is InChI=1S/C6H12.Na/c1-6-4-2-3-5-6;/h6H,2-5H2,1H3;. The van der Waals surface area contributed by atoms with Crippen LogP contribution in [0.15, 0.2) is 0 Å². The van der Waals surface area contributed by atoms with Crippen molar-refractivity contribution in [2.45, 2.75) is 32.6 Å². The zero-order valence-electron chi connectivity index (χ0n) is 5.41. The van der Waals surface area contributed by atoms with Crippen molar-refractivity contribution in [3.05, 3.63) is 0 Å². The summed E-state index contributed by atoms with van der Waals surface area (Å²) in [5.41, 5.74) is 0. The maximum Gasteiger partial charge on any atom is 0 e. The van der Waals surface area contributed by atoms with Gasteiger partial charge in [-0.05, 0) is 5.92 Å². The Hall–Kier alpha value is 1.00. The molecule has 0 spiro atoms. The van der Waals surface area contributed by atoms with E-state index < -0.39 is 0 Å². The molecule has 0 nitrogen and oxygen atoms in total. The van der Waals surface area contributed by atoms with Crippen molar-refractivity contribution in [2.75, 3.05) is 0 Å². The summed E-state index contributed by atoms with van der Waals surface area (Å²) < 4.78 is 0. The Balaban J connectivity index is 0.000000360. The third kappa shape index (κ3) is 2.73. The number of hydrogen-bond acceptors (Lipinski definition) is 0. The van der Waals surface area contributed by atoms with Crippen molar-refractivity contribution in [3.63, 3.8) is 0 Å². The fraction of sp³-hybridized carbons (Fsp3) is 1.00. The van der Waals surface area contributed by atoms with E-state index in [1.54, 1.807) is 0 Å². The molecule has 0 atom stereocenters. The van der Waals surface area contributed by atoms with Crippen LogP contribution in [0.4, 0.5) is 0 Å². The molecular formula is C6H12Na. The zero-order chi connectivity index (χ0) is 4.41. The minimum Gasteiger partial charge on any atom is -0.0625 e. The van der Waals surface area contributed by atoms with Crippen molar-refractivity contribution < 1.29 is 0 Å². The molecule has 0 heterocycles. The predicted octanol–water partition coefficient (Wildman–Crippen LogP) is 1.82. The molecule has 1 fully saturated rings. The molecule has 0 saturated heterocycles. The molecular weight excluding hydrogens is 95.1 g/mol. The normalized spacial score (nSPS) is 21.9. The molecule has 0 aromatic rings. The van der Waals surface area contributed by atoms with Crippen molar-refractivity contribution in [2.24, 2.45) is 5.92 Å². The van der Waals surface area contributed by atoms with Crippen LogP contribution in [0.3, 0.4) is 0 Å². The molecule has 1 aliphatic carbocycles. The molecule has 37 valence electrons. The summed E-state index contributed by atoms with van der Waals surface area (Å²) in [5.74, 6) is 1.05. The first-order chi connectivity index (χ1) is 2.89. The van der Waals surface area contributed by atoms with Crippen LogP contribution in [0.1, 0.15) is 32.6 Å². The van der Waals surface area contributed by atoms with E-state index >= 15 is 0 Å². The smallest absolute Gasteiger partial charge is 0 e. The molecule has 7 heavy (non-hydrogen) atoms. The largest absolute Gasteiger partial charge is 0.0625 e. The van der Waals surface area contributed by atoms with E-state index in [9.17, 15) is 0 Å². The summed E-state index contributed by atoms with van der Waals surface area (Å²) in [4.78, 5) is 0. The average molecular weight is 107 g/mol. The Labute approximate surface area is 68.0 Å². The van der Waals surface area contributed by atoms with Crippen LogP contribution in [0.5, 0.6) is 0 Å². The van der Waals surface area contributed by atoms with Gasteiger partial charge in [-0.25, -0.2) is 0 Å². The van der Waals surface area contributed by atoms with E-state index in [1.807, 2.05) is 0 Å². The van der Waals surface area contributed by atoms with Gasteiger partial charge in [-0.3, -0.25) is 0 Å². The van der Waals surface area contributed by atoms with E-state index in [2.05, 4.69) is 6.92 Å². The SMILES string of the molecule is CC1CCCC1.[Na]. The Bertz CT molecular complexity index is 37.4. The van der Waals surface area contributed by atoms with Crippen LogP contribution in [0.2, 0.25) is 0 Å². The van der Waals surface area contributed by atoms with Gasteiger partial charge in [0.2, 0.25) is 0 Å². The maximum atomic E-state index is 2.34. The minimum atomic E-state index is 0. The van der Waals surface area contributed by atoms with E-state index in [4.69, 9.17) is 0 Å². The van der Waals surface area contributed by atoms with Crippen molar-refractivity contribution >= 4 is 29.6 Å². The molecule has 0 unspecified atom stereocenters. The molecule has 0 N–H and O–H groups in total. The fourth-order valence-corrected chi connectivity index (χ4v) is 1.13. The summed E-state index contributed by atoms with van der Waals surface area (Å²) in [6, 6.07) is 0. The first kappa shape index (κ1) is 8.00. The van der Waals surface area contributed by atoms with Gasteiger partial charge in [-0.15, -0.1) is 0 Å². The Morgan fingerprint density at radius 2 is 1.57 bits per heavy atom. The third-order valence-electron chi connectivity index (χ3n) is 1.64. The van der Waals surface area contributed by atoms with Gasteiger partial charge in [0.05, 0.1) is 0 Å². The Morgan fingerprint density at radius 3 is 1.71 bits per heavy atom. The van der Waals surface area contributed by atoms with Gasteiger partial charge in [0.1, 0.15) is 0 Å². The summed E-state index contributed by atoms with van der Waals surface area (Å²) in [6.45, 7) is 2.34. The third-order valence-corrected chi connectivity index (χ3v) is 1.64.